The molecule has 1 fully saturated rings. The normalized spacial score (nSPS) is 14.9. The molecule has 0 unspecified atom stereocenters. The van der Waals surface area contributed by atoms with Gasteiger partial charge in [-0.05, 0) is 17.7 Å². The Morgan fingerprint density at radius 3 is 2.83 bits per heavy atom. The van der Waals surface area contributed by atoms with E-state index in [2.05, 4.69) is 24.9 Å². The first-order valence-corrected chi connectivity index (χ1v) is 10.7. The third-order valence-electron chi connectivity index (χ3n) is 4.67. The van der Waals surface area contributed by atoms with Crippen LogP contribution in [0.1, 0.15) is 5.56 Å². The molecule has 0 aliphatic carbocycles. The number of anilines is 1. The highest BCUT2D eigenvalue weighted by Gasteiger charge is 2.23. The minimum atomic E-state index is -0.107. The third-order valence-corrected chi connectivity index (χ3v) is 5.42. The summed E-state index contributed by atoms with van der Waals surface area (Å²) in [6, 6.07) is 7.50. The van der Waals surface area contributed by atoms with Crippen molar-refractivity contribution in [1.82, 2.24) is 29.7 Å². The van der Waals surface area contributed by atoms with E-state index in [0.717, 1.165) is 30.8 Å². The molecule has 0 radical (unpaired) electrons. The van der Waals surface area contributed by atoms with Crippen molar-refractivity contribution in [1.29, 1.82) is 0 Å². The number of amides is 1. The molecule has 9 nitrogen and oxygen atoms in total. The molecule has 1 saturated heterocycles. The highest BCUT2D eigenvalue weighted by atomic mass is 35.5. The van der Waals surface area contributed by atoms with Crippen LogP contribution in [-0.2, 0) is 6.54 Å². The van der Waals surface area contributed by atoms with Gasteiger partial charge in [-0.1, -0.05) is 34.8 Å². The van der Waals surface area contributed by atoms with Gasteiger partial charge in [0.05, 0.1) is 5.02 Å². The van der Waals surface area contributed by atoms with Crippen LogP contribution >= 0.6 is 23.5 Å². The quantitative estimate of drug-likeness (QED) is 0.614. The van der Waals surface area contributed by atoms with Crippen molar-refractivity contribution in [3.8, 4) is 11.4 Å². The minimum Gasteiger partial charge on any atom is -0.342 e. The van der Waals surface area contributed by atoms with Crippen molar-refractivity contribution < 1.29 is 9.32 Å². The van der Waals surface area contributed by atoms with Crippen LogP contribution in [0.15, 0.2) is 41.4 Å². The number of rotatable bonds is 5. The Kier molecular flexibility index (Phi) is 6.02. The van der Waals surface area contributed by atoms with E-state index in [1.807, 2.05) is 29.4 Å². The van der Waals surface area contributed by atoms with Crippen molar-refractivity contribution >= 4 is 35.4 Å². The average Bonchev–Trinajstić information content (AvgIpc) is 3.42. The fourth-order valence-electron chi connectivity index (χ4n) is 3.22. The van der Waals surface area contributed by atoms with Crippen LogP contribution in [0.25, 0.3) is 11.4 Å². The Morgan fingerprint density at radius 1 is 1.28 bits per heavy atom. The molecule has 1 N–H and O–H groups in total. The minimum absolute atomic E-state index is 0.107. The number of halogens is 1. The second-order valence-corrected chi connectivity index (χ2v) is 7.59. The molecule has 1 aliphatic heterocycles. The fourth-order valence-corrected chi connectivity index (χ4v) is 3.74. The fraction of sp³-hybridized carbons (Fsp3) is 0.333. The molecular formula is C18H20ClN7O2S. The van der Waals surface area contributed by atoms with E-state index in [0.29, 0.717) is 29.8 Å². The summed E-state index contributed by atoms with van der Waals surface area (Å²) < 4.78 is 9.22. The van der Waals surface area contributed by atoms with Crippen molar-refractivity contribution in [3.05, 3.63) is 47.4 Å². The maximum atomic E-state index is 12.6. The second-order valence-electron chi connectivity index (χ2n) is 6.57. The van der Waals surface area contributed by atoms with Crippen LogP contribution in [0, 0.1) is 0 Å². The van der Waals surface area contributed by atoms with E-state index in [9.17, 15) is 4.79 Å². The van der Waals surface area contributed by atoms with Crippen molar-refractivity contribution in [2.75, 3.05) is 37.2 Å². The van der Waals surface area contributed by atoms with Crippen LogP contribution < -0.4 is 4.72 Å². The second kappa shape index (κ2) is 8.85. The Balaban J connectivity index is 1.35. The van der Waals surface area contributed by atoms with Gasteiger partial charge in [-0.3, -0.25) is 4.90 Å². The average molecular weight is 434 g/mol. The molecule has 3 heterocycles. The number of carbonyl (C=O) groups excluding carboxylic acids is 1. The lowest BCUT2D eigenvalue weighted by Gasteiger charge is -2.34. The van der Waals surface area contributed by atoms with Crippen LogP contribution in [0.2, 0.25) is 5.02 Å². The molecule has 152 valence electrons. The number of aromatic nitrogens is 4. The van der Waals surface area contributed by atoms with Gasteiger partial charge in [-0.15, -0.1) is 5.10 Å². The van der Waals surface area contributed by atoms with E-state index in [1.54, 1.807) is 12.3 Å². The zero-order valence-electron chi connectivity index (χ0n) is 15.8. The molecule has 29 heavy (non-hydrogen) atoms. The Labute approximate surface area is 177 Å². The third kappa shape index (κ3) is 4.55. The lowest BCUT2D eigenvalue weighted by molar-refractivity contribution is 0.134. The highest BCUT2D eigenvalue weighted by molar-refractivity contribution is 7.99. The summed E-state index contributed by atoms with van der Waals surface area (Å²) >= 11 is 7.71. The molecule has 1 amide bonds. The molecule has 2 aromatic heterocycles. The van der Waals surface area contributed by atoms with Gasteiger partial charge in [-0.2, -0.15) is 9.67 Å². The summed E-state index contributed by atoms with van der Waals surface area (Å²) in [6.07, 6.45) is 4.88. The van der Waals surface area contributed by atoms with E-state index in [1.165, 1.54) is 23.0 Å². The van der Waals surface area contributed by atoms with Gasteiger partial charge >= 0.3 is 6.03 Å². The summed E-state index contributed by atoms with van der Waals surface area (Å²) in [5, 5.41) is 8.70. The van der Waals surface area contributed by atoms with Gasteiger partial charge in [0, 0.05) is 56.8 Å². The maximum absolute atomic E-state index is 12.6. The molecule has 0 saturated carbocycles. The van der Waals surface area contributed by atoms with Crippen LogP contribution in [0.3, 0.4) is 0 Å². The van der Waals surface area contributed by atoms with Crippen molar-refractivity contribution in [2.24, 2.45) is 0 Å². The monoisotopic (exact) mass is 433 g/mol. The summed E-state index contributed by atoms with van der Waals surface area (Å²) in [5.41, 5.74) is 1.86. The SMILES string of the molecule is CSNc1ccn(C(=O)N2CCN(Cc3ccc(Cl)c(-c4ncon4)c3)CC2)n1. The van der Waals surface area contributed by atoms with Crippen molar-refractivity contribution in [2.45, 2.75) is 6.54 Å². The predicted molar refractivity (Wildman–Crippen MR) is 112 cm³/mol. The molecule has 11 heteroatoms. The first-order valence-electron chi connectivity index (χ1n) is 9.05. The zero-order chi connectivity index (χ0) is 20.2. The van der Waals surface area contributed by atoms with Gasteiger partial charge in [0.1, 0.15) is 0 Å². The molecule has 0 atom stereocenters. The largest absolute Gasteiger partial charge is 0.344 e. The van der Waals surface area contributed by atoms with Crippen LogP contribution in [0.4, 0.5) is 10.6 Å². The number of carbonyl (C=O) groups is 1. The Bertz CT molecular complexity index is 971. The molecule has 4 rings (SSSR count). The lowest BCUT2D eigenvalue weighted by atomic mass is 10.1. The Morgan fingerprint density at radius 2 is 2.10 bits per heavy atom. The van der Waals surface area contributed by atoms with Gasteiger partial charge in [0.2, 0.25) is 12.2 Å². The first kappa shape index (κ1) is 19.7. The number of nitrogens with one attached hydrogen (secondary N) is 1. The van der Waals surface area contributed by atoms with Gasteiger partial charge in [0.25, 0.3) is 0 Å². The number of nitrogens with zero attached hydrogens (tertiary/aromatic N) is 6. The van der Waals surface area contributed by atoms with Crippen molar-refractivity contribution in [3.63, 3.8) is 0 Å². The standard InChI is InChI=1S/C18H20ClN7O2S/c1-29-23-16-4-5-26(21-16)18(27)25-8-6-24(7-9-25)11-13-2-3-15(19)14(10-13)17-20-12-28-22-17/h2-5,10,12H,6-9,11H2,1H3,(H,21,23). The van der Waals surface area contributed by atoms with Gasteiger partial charge < -0.3 is 14.1 Å². The summed E-state index contributed by atoms with van der Waals surface area (Å²) in [4.78, 5) is 20.8. The molecular weight excluding hydrogens is 414 g/mol. The number of hydrogen-bond donors (Lipinski definition) is 1. The maximum Gasteiger partial charge on any atom is 0.344 e. The van der Waals surface area contributed by atoms with Crippen LogP contribution in [0.5, 0.6) is 0 Å². The summed E-state index contributed by atoms with van der Waals surface area (Å²) in [6.45, 7) is 3.62. The Hall–Kier alpha value is -2.56. The number of hydrogen-bond acceptors (Lipinski definition) is 8. The zero-order valence-corrected chi connectivity index (χ0v) is 17.4. The summed E-state index contributed by atoms with van der Waals surface area (Å²) in [5.74, 6) is 1.14. The van der Waals surface area contributed by atoms with Gasteiger partial charge in [-0.25, -0.2) is 4.79 Å². The van der Waals surface area contributed by atoms with E-state index < -0.39 is 0 Å². The predicted octanol–water partition coefficient (Wildman–Crippen LogP) is 3.06. The van der Waals surface area contributed by atoms with Gasteiger partial charge in [0.15, 0.2) is 5.82 Å². The topological polar surface area (TPSA) is 92.3 Å². The number of piperazine rings is 1. The number of benzene rings is 1. The molecule has 0 spiro atoms. The van der Waals surface area contributed by atoms with E-state index >= 15 is 0 Å². The van der Waals surface area contributed by atoms with Crippen LogP contribution in [-0.4, -0.2) is 68.2 Å². The molecule has 3 aromatic rings. The lowest BCUT2D eigenvalue weighted by Crippen LogP contribution is -2.49. The first-order chi connectivity index (χ1) is 14.1. The highest BCUT2D eigenvalue weighted by Crippen LogP contribution is 2.27. The molecule has 0 bridgehead atoms. The summed E-state index contributed by atoms with van der Waals surface area (Å²) in [7, 11) is 0. The van der Waals surface area contributed by atoms with E-state index in [4.69, 9.17) is 16.1 Å². The molecule has 1 aliphatic rings. The van der Waals surface area contributed by atoms with E-state index in [-0.39, 0.29) is 6.03 Å². The smallest absolute Gasteiger partial charge is 0.342 e. The molecule has 1 aromatic carbocycles.